The standard InChI is InChI=1S/C12H17ClIN/c1-2-12(7-8-13)15-9-10-3-5-11(14)6-4-10/h3-6,12,15H,2,7-9H2,1H3. The molecule has 0 amide bonds. The van der Waals surface area contributed by atoms with Crippen molar-refractivity contribution in [3.8, 4) is 0 Å². The van der Waals surface area contributed by atoms with Crippen LogP contribution in [0.5, 0.6) is 0 Å². The second-order valence-corrected chi connectivity index (χ2v) is 5.21. The average Bonchev–Trinajstić information content (AvgIpc) is 2.26. The Bertz CT molecular complexity index is 273. The van der Waals surface area contributed by atoms with E-state index >= 15 is 0 Å². The average molecular weight is 338 g/mol. The summed E-state index contributed by atoms with van der Waals surface area (Å²) in [6, 6.07) is 9.16. The van der Waals surface area contributed by atoms with Gasteiger partial charge in [-0.15, -0.1) is 11.6 Å². The van der Waals surface area contributed by atoms with E-state index in [1.54, 1.807) is 0 Å². The van der Waals surface area contributed by atoms with E-state index in [1.807, 2.05) is 0 Å². The third kappa shape index (κ3) is 5.18. The molecule has 0 bridgehead atoms. The molecule has 0 spiro atoms. The molecular weight excluding hydrogens is 320 g/mol. The maximum absolute atomic E-state index is 5.74. The Morgan fingerprint density at radius 2 is 2.00 bits per heavy atom. The Balaban J connectivity index is 2.38. The van der Waals surface area contributed by atoms with Crippen LogP contribution in [0.4, 0.5) is 0 Å². The molecule has 84 valence electrons. The number of nitrogens with one attached hydrogen (secondary N) is 1. The lowest BCUT2D eigenvalue weighted by molar-refractivity contribution is 0.486. The molecule has 0 saturated heterocycles. The molecule has 1 N–H and O–H groups in total. The zero-order chi connectivity index (χ0) is 11.1. The summed E-state index contributed by atoms with van der Waals surface area (Å²) in [5, 5.41) is 3.52. The lowest BCUT2D eigenvalue weighted by Crippen LogP contribution is -2.28. The van der Waals surface area contributed by atoms with Crippen LogP contribution in [0.3, 0.4) is 0 Å². The first-order chi connectivity index (χ1) is 7.26. The first kappa shape index (κ1) is 13.3. The Morgan fingerprint density at radius 1 is 1.33 bits per heavy atom. The van der Waals surface area contributed by atoms with Crippen LogP contribution in [-0.2, 0) is 6.54 Å². The van der Waals surface area contributed by atoms with E-state index in [0.717, 1.165) is 25.3 Å². The number of rotatable bonds is 6. The molecule has 3 heteroatoms. The van der Waals surface area contributed by atoms with Gasteiger partial charge in [-0.1, -0.05) is 19.1 Å². The van der Waals surface area contributed by atoms with Gasteiger partial charge < -0.3 is 5.32 Å². The van der Waals surface area contributed by atoms with E-state index < -0.39 is 0 Å². The molecule has 1 unspecified atom stereocenters. The van der Waals surface area contributed by atoms with Crippen LogP contribution in [0.2, 0.25) is 0 Å². The van der Waals surface area contributed by atoms with Crippen LogP contribution >= 0.6 is 34.2 Å². The second kappa shape index (κ2) is 7.47. The zero-order valence-corrected chi connectivity index (χ0v) is 11.9. The predicted molar refractivity (Wildman–Crippen MR) is 75.4 cm³/mol. The number of alkyl halides is 1. The summed E-state index contributed by atoms with van der Waals surface area (Å²) < 4.78 is 1.28. The van der Waals surface area contributed by atoms with Crippen LogP contribution in [0.25, 0.3) is 0 Å². The third-order valence-corrected chi connectivity index (χ3v) is 3.40. The number of benzene rings is 1. The first-order valence-electron chi connectivity index (χ1n) is 5.30. The molecule has 0 aliphatic rings. The molecule has 0 saturated carbocycles. The van der Waals surface area contributed by atoms with Crippen LogP contribution in [0, 0.1) is 3.57 Å². The molecular formula is C12H17ClIN. The van der Waals surface area contributed by atoms with Crippen molar-refractivity contribution in [2.75, 3.05) is 5.88 Å². The Hall–Kier alpha value is 0.200. The van der Waals surface area contributed by atoms with E-state index in [-0.39, 0.29) is 0 Å². The molecule has 1 atom stereocenters. The fraction of sp³-hybridized carbons (Fsp3) is 0.500. The monoisotopic (exact) mass is 337 g/mol. The minimum absolute atomic E-state index is 0.543. The number of hydrogen-bond donors (Lipinski definition) is 1. The fourth-order valence-electron chi connectivity index (χ4n) is 1.45. The molecule has 15 heavy (non-hydrogen) atoms. The van der Waals surface area contributed by atoms with Gasteiger partial charge >= 0.3 is 0 Å². The maximum atomic E-state index is 5.74. The van der Waals surface area contributed by atoms with Crippen molar-refractivity contribution in [1.29, 1.82) is 0 Å². The number of halogens is 2. The van der Waals surface area contributed by atoms with Gasteiger partial charge in [-0.2, -0.15) is 0 Å². The molecule has 1 aromatic rings. The summed E-state index contributed by atoms with van der Waals surface area (Å²) in [7, 11) is 0. The summed E-state index contributed by atoms with van der Waals surface area (Å²) >= 11 is 8.06. The molecule has 1 aromatic carbocycles. The highest BCUT2D eigenvalue weighted by Gasteiger charge is 2.03. The Morgan fingerprint density at radius 3 is 2.53 bits per heavy atom. The third-order valence-electron chi connectivity index (χ3n) is 2.46. The van der Waals surface area contributed by atoms with Crippen LogP contribution < -0.4 is 5.32 Å². The lowest BCUT2D eigenvalue weighted by atomic mass is 10.1. The highest BCUT2D eigenvalue weighted by molar-refractivity contribution is 14.1. The van der Waals surface area contributed by atoms with E-state index in [2.05, 4.69) is 59.1 Å². The van der Waals surface area contributed by atoms with Crippen molar-refractivity contribution < 1.29 is 0 Å². The number of hydrogen-bond acceptors (Lipinski definition) is 1. The van der Waals surface area contributed by atoms with Gasteiger partial charge in [0.05, 0.1) is 0 Å². The van der Waals surface area contributed by atoms with Gasteiger partial charge in [-0.05, 0) is 53.1 Å². The van der Waals surface area contributed by atoms with Gasteiger partial charge in [0.1, 0.15) is 0 Å². The summed E-state index contributed by atoms with van der Waals surface area (Å²) in [5.41, 5.74) is 1.34. The van der Waals surface area contributed by atoms with Crippen molar-refractivity contribution in [3.63, 3.8) is 0 Å². The second-order valence-electron chi connectivity index (χ2n) is 3.59. The summed E-state index contributed by atoms with van der Waals surface area (Å²) in [5.74, 6) is 0.734. The Labute approximate surface area is 111 Å². The van der Waals surface area contributed by atoms with Crippen LogP contribution in [-0.4, -0.2) is 11.9 Å². The molecule has 0 fully saturated rings. The summed E-state index contributed by atoms with van der Waals surface area (Å²) in [6.45, 7) is 3.13. The van der Waals surface area contributed by atoms with Crippen molar-refractivity contribution in [2.45, 2.75) is 32.4 Å². The van der Waals surface area contributed by atoms with Crippen molar-refractivity contribution in [2.24, 2.45) is 0 Å². The van der Waals surface area contributed by atoms with Crippen molar-refractivity contribution in [3.05, 3.63) is 33.4 Å². The van der Waals surface area contributed by atoms with Crippen LogP contribution in [0.1, 0.15) is 25.3 Å². The zero-order valence-electron chi connectivity index (χ0n) is 8.97. The highest BCUT2D eigenvalue weighted by Crippen LogP contribution is 2.07. The van der Waals surface area contributed by atoms with Gasteiger partial charge in [-0.25, -0.2) is 0 Å². The van der Waals surface area contributed by atoms with Crippen molar-refractivity contribution >= 4 is 34.2 Å². The van der Waals surface area contributed by atoms with Gasteiger partial charge in [0, 0.05) is 22.0 Å². The SMILES string of the molecule is CCC(CCCl)NCc1ccc(I)cc1. The van der Waals surface area contributed by atoms with Crippen molar-refractivity contribution in [1.82, 2.24) is 5.32 Å². The largest absolute Gasteiger partial charge is 0.310 e. The Kier molecular flexibility index (Phi) is 6.61. The topological polar surface area (TPSA) is 12.0 Å². The molecule has 0 aliphatic carbocycles. The van der Waals surface area contributed by atoms with E-state index in [0.29, 0.717) is 6.04 Å². The molecule has 0 heterocycles. The van der Waals surface area contributed by atoms with Gasteiger partial charge in [0.15, 0.2) is 0 Å². The quantitative estimate of drug-likeness (QED) is 0.615. The maximum Gasteiger partial charge on any atom is 0.0238 e. The van der Waals surface area contributed by atoms with Gasteiger partial charge in [0.25, 0.3) is 0 Å². The minimum atomic E-state index is 0.543. The van der Waals surface area contributed by atoms with E-state index in [9.17, 15) is 0 Å². The smallest absolute Gasteiger partial charge is 0.0238 e. The van der Waals surface area contributed by atoms with Crippen LogP contribution in [0.15, 0.2) is 24.3 Å². The molecule has 1 nitrogen and oxygen atoms in total. The van der Waals surface area contributed by atoms with E-state index in [4.69, 9.17) is 11.6 Å². The highest BCUT2D eigenvalue weighted by atomic mass is 127. The summed E-state index contributed by atoms with van der Waals surface area (Å²) in [6.07, 6.45) is 2.18. The van der Waals surface area contributed by atoms with Gasteiger partial charge in [0.2, 0.25) is 0 Å². The predicted octanol–water partition coefficient (Wildman–Crippen LogP) is 3.79. The molecule has 1 rings (SSSR count). The first-order valence-corrected chi connectivity index (χ1v) is 6.91. The molecule has 0 aromatic heterocycles. The minimum Gasteiger partial charge on any atom is -0.310 e. The summed E-state index contributed by atoms with van der Waals surface area (Å²) in [4.78, 5) is 0. The lowest BCUT2D eigenvalue weighted by Gasteiger charge is -2.15. The fourth-order valence-corrected chi connectivity index (χ4v) is 2.07. The normalized spacial score (nSPS) is 12.7. The molecule has 0 radical (unpaired) electrons. The van der Waals surface area contributed by atoms with Gasteiger partial charge in [-0.3, -0.25) is 0 Å². The van der Waals surface area contributed by atoms with E-state index in [1.165, 1.54) is 9.13 Å². The molecule has 0 aliphatic heterocycles.